The summed E-state index contributed by atoms with van der Waals surface area (Å²) in [5, 5.41) is 9.10. The molecule has 5 heteroatoms. The van der Waals surface area contributed by atoms with Crippen molar-refractivity contribution < 1.29 is 14.6 Å². The number of hydrogen-bond donors (Lipinski definition) is 2. The zero-order valence-electron chi connectivity index (χ0n) is 18.3. The molecule has 32 heavy (non-hydrogen) atoms. The number of aliphatic carboxylic acids is 1. The van der Waals surface area contributed by atoms with Crippen molar-refractivity contribution in [2.45, 2.75) is 45.4 Å². The van der Waals surface area contributed by atoms with Gasteiger partial charge >= 0.3 is 5.97 Å². The molecule has 0 bridgehead atoms. The van der Waals surface area contributed by atoms with Crippen LogP contribution in [0.4, 0.5) is 0 Å². The molecule has 0 fully saturated rings. The first-order valence-electron chi connectivity index (χ1n) is 10.9. The van der Waals surface area contributed by atoms with Crippen molar-refractivity contribution in [3.8, 4) is 17.6 Å². The van der Waals surface area contributed by atoms with Gasteiger partial charge in [0, 0.05) is 37.9 Å². The number of carboxylic acids is 1. The molecule has 1 aromatic heterocycles. The van der Waals surface area contributed by atoms with Gasteiger partial charge in [-0.15, -0.1) is 5.92 Å². The van der Waals surface area contributed by atoms with Crippen molar-refractivity contribution in [2.24, 2.45) is 0 Å². The van der Waals surface area contributed by atoms with Crippen LogP contribution in [0.25, 0.3) is 0 Å². The number of benzene rings is 2. The smallest absolute Gasteiger partial charge is 0.304 e. The van der Waals surface area contributed by atoms with Crippen LogP contribution in [-0.2, 0) is 30.9 Å². The minimum absolute atomic E-state index is 0.00372. The molecule has 0 saturated heterocycles. The second-order valence-electron chi connectivity index (χ2n) is 8.16. The summed E-state index contributed by atoms with van der Waals surface area (Å²) in [5.41, 5.74) is 6.07. The molecule has 0 saturated carbocycles. The van der Waals surface area contributed by atoms with Crippen molar-refractivity contribution in [3.63, 3.8) is 0 Å². The minimum Gasteiger partial charge on any atom is -0.489 e. The van der Waals surface area contributed by atoms with Crippen LogP contribution < -0.4 is 4.74 Å². The molecule has 2 aromatic carbocycles. The van der Waals surface area contributed by atoms with Gasteiger partial charge in [0.05, 0.1) is 12.3 Å². The molecule has 3 aromatic rings. The van der Waals surface area contributed by atoms with E-state index in [2.05, 4.69) is 52.1 Å². The molecule has 5 nitrogen and oxygen atoms in total. The monoisotopic (exact) mass is 428 g/mol. The van der Waals surface area contributed by atoms with E-state index in [1.54, 1.807) is 6.92 Å². The fourth-order valence-electron chi connectivity index (χ4n) is 4.18. The lowest BCUT2D eigenvalue weighted by Crippen LogP contribution is -2.29. The number of nitrogens with zero attached hydrogens (tertiary/aromatic N) is 1. The summed E-state index contributed by atoms with van der Waals surface area (Å²) in [5.74, 6) is 5.40. The van der Waals surface area contributed by atoms with E-state index in [1.807, 2.05) is 30.5 Å². The standard InChI is InChI=1S/C27H28N2O3/c1-2-4-23(16-27(30)31)22-7-9-25(10-8-22)32-19-21-6-3-5-20(15-21)17-29-14-12-26-24(18-29)11-13-28-26/h3,5-11,13,15,23,28H,12,14,16-19H2,1H3,(H,30,31). The summed E-state index contributed by atoms with van der Waals surface area (Å²) >= 11 is 0. The Labute approximate surface area is 189 Å². The van der Waals surface area contributed by atoms with E-state index >= 15 is 0 Å². The number of rotatable bonds is 8. The summed E-state index contributed by atoms with van der Waals surface area (Å²) in [6.07, 6.45) is 3.09. The number of carbonyl (C=O) groups is 1. The topological polar surface area (TPSA) is 65.6 Å². The summed E-state index contributed by atoms with van der Waals surface area (Å²) in [6, 6.07) is 18.3. The third-order valence-electron chi connectivity index (χ3n) is 5.78. The summed E-state index contributed by atoms with van der Waals surface area (Å²) < 4.78 is 5.98. The maximum absolute atomic E-state index is 11.1. The first kappa shape index (κ1) is 21.7. The molecule has 1 unspecified atom stereocenters. The van der Waals surface area contributed by atoms with Crippen LogP contribution in [-0.4, -0.2) is 27.5 Å². The van der Waals surface area contributed by atoms with E-state index in [0.717, 1.165) is 42.9 Å². The van der Waals surface area contributed by atoms with E-state index in [4.69, 9.17) is 9.84 Å². The Morgan fingerprint density at radius 2 is 2.00 bits per heavy atom. The number of aromatic nitrogens is 1. The number of carboxylic acid groups (broad SMARTS) is 1. The zero-order valence-corrected chi connectivity index (χ0v) is 18.3. The van der Waals surface area contributed by atoms with Gasteiger partial charge in [-0.2, -0.15) is 0 Å². The molecule has 2 N–H and O–H groups in total. The highest BCUT2D eigenvalue weighted by atomic mass is 16.5. The molecule has 1 aliphatic rings. The fourth-order valence-corrected chi connectivity index (χ4v) is 4.18. The maximum Gasteiger partial charge on any atom is 0.304 e. The predicted molar refractivity (Wildman–Crippen MR) is 124 cm³/mol. The number of ether oxygens (including phenoxy) is 1. The van der Waals surface area contributed by atoms with Crippen molar-refractivity contribution in [1.29, 1.82) is 0 Å². The Kier molecular flexibility index (Phi) is 6.94. The Balaban J connectivity index is 1.34. The van der Waals surface area contributed by atoms with Crippen LogP contribution in [0, 0.1) is 11.8 Å². The maximum atomic E-state index is 11.1. The number of H-pyrrole nitrogens is 1. The lowest BCUT2D eigenvalue weighted by atomic mass is 9.96. The molecule has 0 amide bonds. The first-order valence-corrected chi connectivity index (χ1v) is 10.9. The molecular weight excluding hydrogens is 400 g/mol. The molecule has 0 aliphatic carbocycles. The highest BCUT2D eigenvalue weighted by Gasteiger charge is 2.17. The lowest BCUT2D eigenvalue weighted by Gasteiger charge is -2.27. The Hall–Kier alpha value is -3.49. The van der Waals surface area contributed by atoms with Gasteiger partial charge in [0.2, 0.25) is 0 Å². The molecule has 2 heterocycles. The molecule has 4 rings (SSSR count). The highest BCUT2D eigenvalue weighted by molar-refractivity contribution is 5.69. The lowest BCUT2D eigenvalue weighted by molar-refractivity contribution is -0.137. The van der Waals surface area contributed by atoms with Gasteiger partial charge in [0.15, 0.2) is 0 Å². The first-order chi connectivity index (χ1) is 15.6. The number of fused-ring (bicyclic) bond motifs is 1. The van der Waals surface area contributed by atoms with Crippen molar-refractivity contribution in [1.82, 2.24) is 9.88 Å². The van der Waals surface area contributed by atoms with E-state index < -0.39 is 5.97 Å². The van der Waals surface area contributed by atoms with Gasteiger partial charge in [-0.3, -0.25) is 9.69 Å². The average molecular weight is 429 g/mol. The summed E-state index contributed by atoms with van der Waals surface area (Å²) in [6.45, 7) is 5.19. The number of nitrogens with one attached hydrogen (secondary N) is 1. The molecule has 1 aliphatic heterocycles. The number of aromatic amines is 1. The summed E-state index contributed by atoms with van der Waals surface area (Å²) in [4.78, 5) is 16.9. The van der Waals surface area contributed by atoms with Crippen molar-refractivity contribution in [3.05, 3.63) is 88.7 Å². The largest absolute Gasteiger partial charge is 0.489 e. The highest BCUT2D eigenvalue weighted by Crippen LogP contribution is 2.23. The van der Waals surface area contributed by atoms with Crippen LogP contribution in [0.5, 0.6) is 5.75 Å². The fraction of sp³-hybridized carbons (Fsp3) is 0.296. The van der Waals surface area contributed by atoms with Crippen LogP contribution >= 0.6 is 0 Å². The van der Waals surface area contributed by atoms with Crippen molar-refractivity contribution >= 4 is 5.97 Å². The second kappa shape index (κ2) is 10.2. The van der Waals surface area contributed by atoms with E-state index in [1.165, 1.54) is 16.8 Å². The van der Waals surface area contributed by atoms with Gasteiger partial charge in [-0.25, -0.2) is 0 Å². The van der Waals surface area contributed by atoms with E-state index in [-0.39, 0.29) is 12.3 Å². The minimum atomic E-state index is -0.851. The quantitative estimate of drug-likeness (QED) is 0.509. The molecule has 164 valence electrons. The van der Waals surface area contributed by atoms with E-state index in [0.29, 0.717) is 6.61 Å². The van der Waals surface area contributed by atoms with Gasteiger partial charge < -0.3 is 14.8 Å². The van der Waals surface area contributed by atoms with Gasteiger partial charge in [0.25, 0.3) is 0 Å². The Bertz CT molecular complexity index is 1120. The van der Waals surface area contributed by atoms with Crippen LogP contribution in [0.15, 0.2) is 60.8 Å². The Morgan fingerprint density at radius 3 is 2.78 bits per heavy atom. The van der Waals surface area contributed by atoms with Crippen LogP contribution in [0.2, 0.25) is 0 Å². The van der Waals surface area contributed by atoms with Gasteiger partial charge in [-0.1, -0.05) is 42.3 Å². The predicted octanol–water partition coefficient (Wildman–Crippen LogP) is 4.73. The average Bonchev–Trinajstić information content (AvgIpc) is 3.26. The SMILES string of the molecule is CC#CC(CC(=O)O)c1ccc(OCc2cccc(CN3CCc4[nH]ccc4C3)c2)cc1. The molecule has 1 atom stereocenters. The molecular formula is C27H28N2O3. The van der Waals surface area contributed by atoms with Gasteiger partial charge in [0.1, 0.15) is 12.4 Å². The second-order valence-corrected chi connectivity index (χ2v) is 8.16. The third kappa shape index (κ3) is 5.60. The summed E-state index contributed by atoms with van der Waals surface area (Å²) in [7, 11) is 0. The molecule has 0 radical (unpaired) electrons. The molecule has 0 spiro atoms. The van der Waals surface area contributed by atoms with Crippen LogP contribution in [0.1, 0.15) is 47.2 Å². The number of hydrogen-bond acceptors (Lipinski definition) is 3. The zero-order chi connectivity index (χ0) is 22.3. The Morgan fingerprint density at radius 1 is 1.19 bits per heavy atom. The van der Waals surface area contributed by atoms with Crippen LogP contribution in [0.3, 0.4) is 0 Å². The van der Waals surface area contributed by atoms with E-state index in [9.17, 15) is 4.79 Å². The van der Waals surface area contributed by atoms with Gasteiger partial charge in [-0.05, 0) is 47.4 Å². The third-order valence-corrected chi connectivity index (χ3v) is 5.78. The normalized spacial score (nSPS) is 14.2. The van der Waals surface area contributed by atoms with Crippen molar-refractivity contribution in [2.75, 3.05) is 6.54 Å².